The average molecular weight is 257 g/mol. The number of rotatable bonds is 5. The lowest BCUT2D eigenvalue weighted by Gasteiger charge is -2.18. The summed E-state index contributed by atoms with van der Waals surface area (Å²) in [7, 11) is 0. The summed E-state index contributed by atoms with van der Waals surface area (Å²) in [6, 6.07) is 5.46. The van der Waals surface area contributed by atoms with Crippen molar-refractivity contribution in [2.24, 2.45) is 5.92 Å². The Kier molecular flexibility index (Phi) is 3.41. The molecule has 0 N–H and O–H groups in total. The second kappa shape index (κ2) is 5.20. The molecule has 1 aliphatic heterocycles. The van der Waals surface area contributed by atoms with Crippen molar-refractivity contribution in [1.29, 1.82) is 0 Å². The molecule has 1 heterocycles. The van der Waals surface area contributed by atoms with Gasteiger partial charge in [0.25, 0.3) is 0 Å². The molecule has 0 saturated heterocycles. The third-order valence-corrected chi connectivity index (χ3v) is 3.95. The number of allylic oxidation sites excluding steroid dienone is 1. The zero-order chi connectivity index (χ0) is 13.2. The first-order chi connectivity index (χ1) is 9.20. The number of benzene rings is 1. The largest absolute Gasteiger partial charge is 0.348 e. The Labute approximate surface area is 114 Å². The molecule has 0 atom stereocenters. The molecule has 1 saturated carbocycles. The fourth-order valence-electron chi connectivity index (χ4n) is 2.63. The lowest BCUT2D eigenvalue weighted by atomic mass is 10.0. The van der Waals surface area contributed by atoms with Gasteiger partial charge < -0.3 is 4.90 Å². The van der Waals surface area contributed by atoms with E-state index in [2.05, 4.69) is 23.6 Å². The van der Waals surface area contributed by atoms with Crippen LogP contribution in [0, 0.1) is 11.7 Å². The molecule has 19 heavy (non-hydrogen) atoms. The van der Waals surface area contributed by atoms with E-state index < -0.39 is 0 Å². The summed E-state index contributed by atoms with van der Waals surface area (Å²) in [5.41, 5.74) is 3.26. The minimum atomic E-state index is -0.114. The molecule has 0 bridgehead atoms. The van der Waals surface area contributed by atoms with Crippen LogP contribution < -0.4 is 0 Å². The molecule has 2 heteroatoms. The highest BCUT2D eigenvalue weighted by Gasteiger charge is 2.20. The molecule has 1 aromatic carbocycles. The van der Waals surface area contributed by atoms with Crippen molar-refractivity contribution in [2.45, 2.75) is 38.6 Å². The summed E-state index contributed by atoms with van der Waals surface area (Å²) in [5, 5.41) is 0. The molecule has 0 amide bonds. The third kappa shape index (κ3) is 3.25. The van der Waals surface area contributed by atoms with Crippen molar-refractivity contribution in [2.75, 3.05) is 0 Å². The van der Waals surface area contributed by atoms with Crippen molar-refractivity contribution >= 4 is 0 Å². The summed E-state index contributed by atoms with van der Waals surface area (Å²) >= 11 is 0. The minimum Gasteiger partial charge on any atom is -0.348 e. The van der Waals surface area contributed by atoms with Gasteiger partial charge in [-0.15, -0.1) is 0 Å². The third-order valence-electron chi connectivity index (χ3n) is 3.95. The van der Waals surface area contributed by atoms with Gasteiger partial charge in [0.2, 0.25) is 0 Å². The van der Waals surface area contributed by atoms with Gasteiger partial charge in [0.1, 0.15) is 5.82 Å². The Balaban J connectivity index is 1.69. The van der Waals surface area contributed by atoms with Gasteiger partial charge in [0, 0.05) is 24.9 Å². The zero-order valence-electron chi connectivity index (χ0n) is 11.2. The number of nitrogens with zero attached hydrogens (tertiary/aromatic N) is 1. The highest BCUT2D eigenvalue weighted by molar-refractivity contribution is 5.26. The summed E-state index contributed by atoms with van der Waals surface area (Å²) < 4.78 is 13.7. The number of hydrogen-bond donors (Lipinski definition) is 0. The van der Waals surface area contributed by atoms with E-state index in [4.69, 9.17) is 0 Å². The molecular formula is C17H20FN. The summed E-state index contributed by atoms with van der Waals surface area (Å²) in [4.78, 5) is 2.10. The fraction of sp³-hybridized carbons (Fsp3) is 0.412. The van der Waals surface area contributed by atoms with E-state index in [0.717, 1.165) is 42.1 Å². The van der Waals surface area contributed by atoms with Crippen molar-refractivity contribution < 1.29 is 4.39 Å². The number of halogens is 1. The maximum Gasteiger partial charge on any atom is 0.123 e. The molecule has 1 aliphatic carbocycles. The first-order valence-corrected chi connectivity index (χ1v) is 7.10. The van der Waals surface area contributed by atoms with Crippen molar-refractivity contribution in [3.8, 4) is 0 Å². The molecule has 2 aliphatic rings. The first-order valence-electron chi connectivity index (χ1n) is 7.10. The summed E-state index contributed by atoms with van der Waals surface area (Å²) in [5.74, 6) is 0.782. The van der Waals surface area contributed by atoms with Gasteiger partial charge in [-0.2, -0.15) is 0 Å². The van der Waals surface area contributed by atoms with E-state index in [1.807, 2.05) is 6.20 Å². The van der Waals surface area contributed by atoms with Gasteiger partial charge in [-0.3, -0.25) is 0 Å². The number of hydrogen-bond acceptors (Lipinski definition) is 1. The minimum absolute atomic E-state index is 0.114. The van der Waals surface area contributed by atoms with Crippen molar-refractivity contribution in [3.05, 3.63) is 59.7 Å². The fourth-order valence-corrected chi connectivity index (χ4v) is 2.63. The normalized spacial score (nSPS) is 18.4. The van der Waals surface area contributed by atoms with E-state index in [1.54, 1.807) is 12.1 Å². The first kappa shape index (κ1) is 12.5. The van der Waals surface area contributed by atoms with Gasteiger partial charge in [-0.05, 0) is 42.0 Å². The molecule has 0 spiro atoms. The molecular weight excluding hydrogens is 237 g/mol. The average Bonchev–Trinajstić information content (AvgIpc) is 3.11. The predicted molar refractivity (Wildman–Crippen MR) is 75.9 cm³/mol. The van der Waals surface area contributed by atoms with E-state index in [9.17, 15) is 4.39 Å². The Morgan fingerprint density at radius 1 is 1.21 bits per heavy atom. The Hall–Kier alpha value is -1.57. The van der Waals surface area contributed by atoms with Crippen LogP contribution in [0.4, 0.5) is 4.39 Å². The molecule has 0 aromatic heterocycles. The molecule has 0 radical (unpaired) electrons. The molecule has 100 valence electrons. The maximum absolute atomic E-state index is 13.7. The summed E-state index contributed by atoms with van der Waals surface area (Å²) in [6.45, 7) is 4.74. The smallest absolute Gasteiger partial charge is 0.123 e. The van der Waals surface area contributed by atoms with E-state index in [-0.39, 0.29) is 5.82 Å². The van der Waals surface area contributed by atoms with Gasteiger partial charge >= 0.3 is 0 Å². The SMILES string of the molecule is C=C1CC=CN1Cc1cc(F)cc(CCC2CC2)c1. The van der Waals surface area contributed by atoms with Crippen LogP contribution in [0.1, 0.15) is 36.8 Å². The van der Waals surface area contributed by atoms with Crippen LogP contribution in [-0.4, -0.2) is 4.90 Å². The molecule has 3 rings (SSSR count). The Morgan fingerprint density at radius 2 is 2.00 bits per heavy atom. The highest BCUT2D eigenvalue weighted by atomic mass is 19.1. The van der Waals surface area contributed by atoms with Crippen LogP contribution in [0.15, 0.2) is 42.8 Å². The standard InChI is InChI=1S/C17H20FN/c1-13-3-2-8-19(13)12-16-9-15(10-17(18)11-16)7-6-14-4-5-14/h2,8-11,14H,1,3-7,12H2. The van der Waals surface area contributed by atoms with Gasteiger partial charge in [0.05, 0.1) is 0 Å². The van der Waals surface area contributed by atoms with Crippen molar-refractivity contribution in [3.63, 3.8) is 0 Å². The molecule has 0 unspecified atom stereocenters. The summed E-state index contributed by atoms with van der Waals surface area (Å²) in [6.07, 6.45) is 9.98. The lowest BCUT2D eigenvalue weighted by Crippen LogP contribution is -2.11. The van der Waals surface area contributed by atoms with E-state index in [0.29, 0.717) is 0 Å². The van der Waals surface area contributed by atoms with Crippen LogP contribution >= 0.6 is 0 Å². The topological polar surface area (TPSA) is 3.24 Å². The second-order valence-electron chi connectivity index (χ2n) is 5.73. The molecule has 1 fully saturated rings. The maximum atomic E-state index is 13.7. The highest BCUT2D eigenvalue weighted by Crippen LogP contribution is 2.33. The monoisotopic (exact) mass is 257 g/mol. The van der Waals surface area contributed by atoms with Crippen LogP contribution in [0.5, 0.6) is 0 Å². The predicted octanol–water partition coefficient (Wildman–Crippen LogP) is 4.40. The van der Waals surface area contributed by atoms with Crippen LogP contribution in [-0.2, 0) is 13.0 Å². The second-order valence-corrected chi connectivity index (χ2v) is 5.73. The van der Waals surface area contributed by atoms with Gasteiger partial charge in [-0.25, -0.2) is 4.39 Å². The van der Waals surface area contributed by atoms with Crippen LogP contribution in [0.25, 0.3) is 0 Å². The zero-order valence-corrected chi connectivity index (χ0v) is 11.2. The van der Waals surface area contributed by atoms with Gasteiger partial charge in [-0.1, -0.05) is 31.6 Å². The van der Waals surface area contributed by atoms with Crippen molar-refractivity contribution in [1.82, 2.24) is 4.90 Å². The lowest BCUT2D eigenvalue weighted by molar-refractivity contribution is 0.471. The quantitative estimate of drug-likeness (QED) is 0.755. The van der Waals surface area contributed by atoms with E-state index in [1.165, 1.54) is 19.3 Å². The Bertz CT molecular complexity index is 514. The molecule has 1 aromatic rings. The number of aryl methyl sites for hydroxylation is 1. The van der Waals surface area contributed by atoms with E-state index >= 15 is 0 Å². The van der Waals surface area contributed by atoms with Crippen LogP contribution in [0.3, 0.4) is 0 Å². The molecule has 1 nitrogen and oxygen atoms in total. The van der Waals surface area contributed by atoms with Crippen LogP contribution in [0.2, 0.25) is 0 Å². The van der Waals surface area contributed by atoms with Gasteiger partial charge in [0.15, 0.2) is 0 Å². The Morgan fingerprint density at radius 3 is 2.68 bits per heavy atom.